The molecule has 0 unspecified atom stereocenters. The Labute approximate surface area is 220 Å². The van der Waals surface area contributed by atoms with E-state index in [0.717, 1.165) is 10.0 Å². The maximum atomic E-state index is 13.3. The summed E-state index contributed by atoms with van der Waals surface area (Å²) < 4.78 is 6.88. The molecule has 4 atom stereocenters. The number of amides is 1. The summed E-state index contributed by atoms with van der Waals surface area (Å²) in [5.41, 5.74) is 1.01. The molecule has 10 heteroatoms. The second-order valence-electron chi connectivity index (χ2n) is 8.70. The Hall–Kier alpha value is -2.65. The van der Waals surface area contributed by atoms with Crippen molar-refractivity contribution in [3.05, 3.63) is 102 Å². The van der Waals surface area contributed by atoms with Crippen LogP contribution in [-0.2, 0) is 16.9 Å². The van der Waals surface area contributed by atoms with E-state index in [-0.39, 0.29) is 11.5 Å². The highest BCUT2D eigenvalue weighted by molar-refractivity contribution is 9.10. The van der Waals surface area contributed by atoms with Crippen molar-refractivity contribution in [1.82, 2.24) is 5.32 Å². The Kier molecular flexibility index (Phi) is 6.25. The maximum Gasteiger partial charge on any atom is 0.256 e. The van der Waals surface area contributed by atoms with E-state index in [1.807, 2.05) is 19.1 Å². The number of anilines is 1. The number of carbonyl (C=O) groups excluding carboxylic acids is 1. The van der Waals surface area contributed by atoms with Crippen LogP contribution < -0.4 is 15.4 Å². The number of benzene rings is 3. The number of nitrogens with one attached hydrogen (secondary N) is 2. The van der Waals surface area contributed by atoms with Crippen LogP contribution in [-0.4, -0.2) is 22.9 Å². The molecule has 3 aromatic rings. The molecule has 7 nitrogen and oxygen atoms in total. The summed E-state index contributed by atoms with van der Waals surface area (Å²) >= 11 is 15.8. The van der Waals surface area contributed by atoms with Crippen molar-refractivity contribution in [2.24, 2.45) is 0 Å². The first kappa shape index (κ1) is 24.1. The number of hydrogen-bond donors (Lipinski definition) is 2. The maximum absolute atomic E-state index is 13.3. The predicted molar refractivity (Wildman–Crippen MR) is 138 cm³/mol. The fourth-order valence-electron chi connectivity index (χ4n) is 5.23. The molecule has 5 rings (SSSR count). The number of rotatable bonds is 5. The van der Waals surface area contributed by atoms with E-state index in [1.165, 1.54) is 0 Å². The first-order valence-corrected chi connectivity index (χ1v) is 12.5. The van der Waals surface area contributed by atoms with E-state index in [4.69, 9.17) is 27.9 Å². The summed E-state index contributed by atoms with van der Waals surface area (Å²) in [5.74, 6) is -0.608. The van der Waals surface area contributed by atoms with Gasteiger partial charge in [0.05, 0.1) is 5.92 Å². The number of hydrogen-bond acceptors (Lipinski definition) is 5. The molecule has 0 aromatic heterocycles. The second-order valence-corrected chi connectivity index (χ2v) is 10.5. The summed E-state index contributed by atoms with van der Waals surface area (Å²) in [5, 5.41) is 19.7. The fraction of sp³-hybridized carbons (Fsp3) is 0.240. The van der Waals surface area contributed by atoms with E-state index < -0.39 is 29.4 Å². The molecule has 0 bridgehead atoms. The quantitative estimate of drug-likeness (QED) is 0.291. The third-order valence-electron chi connectivity index (χ3n) is 6.69. The van der Waals surface area contributed by atoms with Crippen LogP contribution in [0, 0.1) is 10.1 Å². The molecule has 1 amide bonds. The van der Waals surface area contributed by atoms with Crippen molar-refractivity contribution in [1.29, 1.82) is 0 Å². The van der Waals surface area contributed by atoms with E-state index >= 15 is 0 Å². The Morgan fingerprint density at radius 3 is 2.66 bits per heavy atom. The van der Waals surface area contributed by atoms with Gasteiger partial charge in [-0.2, -0.15) is 0 Å². The number of para-hydroxylation sites is 1. The second kappa shape index (κ2) is 9.09. The lowest BCUT2D eigenvalue weighted by molar-refractivity contribution is -0.532. The average molecular weight is 577 g/mol. The minimum absolute atomic E-state index is 0.150. The van der Waals surface area contributed by atoms with E-state index in [9.17, 15) is 14.9 Å². The van der Waals surface area contributed by atoms with Gasteiger partial charge in [-0.1, -0.05) is 63.4 Å². The number of carbonyl (C=O) groups is 1. The van der Waals surface area contributed by atoms with Gasteiger partial charge in [-0.15, -0.1) is 0 Å². The Bertz CT molecular complexity index is 1350. The topological polar surface area (TPSA) is 93.5 Å². The van der Waals surface area contributed by atoms with Crippen molar-refractivity contribution >= 4 is 50.7 Å². The van der Waals surface area contributed by atoms with E-state index in [0.29, 0.717) is 32.6 Å². The van der Waals surface area contributed by atoms with Crippen molar-refractivity contribution in [2.75, 3.05) is 5.32 Å². The SMILES string of the molecule is C[C@@H]1N[C@]2(C(=O)Nc3ccccc32)[C@H]([N+](=O)[O-])[C@H]1c1cc(Br)ccc1OCc1ccc(Cl)cc1Cl. The Balaban J connectivity index is 1.57. The van der Waals surface area contributed by atoms with Gasteiger partial charge in [0.1, 0.15) is 12.4 Å². The number of nitrogens with zero attached hydrogens (tertiary/aromatic N) is 1. The number of nitro groups is 1. The molecule has 2 aliphatic rings. The van der Waals surface area contributed by atoms with Gasteiger partial charge in [0.25, 0.3) is 11.9 Å². The lowest BCUT2D eigenvalue weighted by atomic mass is 9.78. The summed E-state index contributed by atoms with van der Waals surface area (Å²) in [6.45, 7) is 2.00. The standard InChI is InChI=1S/C25H20BrCl2N3O4/c1-13-22(23(31(33)34)25(30-13)18-4-2-3-5-20(18)29-24(25)32)17-10-15(26)7-9-21(17)35-12-14-6-8-16(27)11-19(14)28/h2-11,13,22-23,30H,12H2,1H3,(H,29,32)/t13-,22+,23+,25-/m0/s1. The van der Waals surface area contributed by atoms with E-state index in [1.54, 1.807) is 48.5 Å². The van der Waals surface area contributed by atoms with Crippen LogP contribution in [0.2, 0.25) is 10.0 Å². The van der Waals surface area contributed by atoms with Crippen molar-refractivity contribution in [3.63, 3.8) is 0 Å². The van der Waals surface area contributed by atoms with Gasteiger partial charge in [0, 0.05) is 47.9 Å². The molecular formula is C25H20BrCl2N3O4. The van der Waals surface area contributed by atoms with Crippen LogP contribution in [0.4, 0.5) is 5.69 Å². The number of ether oxygens (including phenoxy) is 1. The average Bonchev–Trinajstić information content (AvgIpc) is 3.27. The molecule has 2 N–H and O–H groups in total. The van der Waals surface area contributed by atoms with Gasteiger partial charge >= 0.3 is 0 Å². The minimum Gasteiger partial charge on any atom is -0.489 e. The predicted octanol–water partition coefficient (Wildman–Crippen LogP) is 5.90. The first-order valence-electron chi connectivity index (χ1n) is 10.9. The van der Waals surface area contributed by atoms with Crippen molar-refractivity contribution in [3.8, 4) is 5.75 Å². The van der Waals surface area contributed by atoms with Gasteiger partial charge in [-0.25, -0.2) is 0 Å². The van der Waals surface area contributed by atoms with Gasteiger partial charge in [0.2, 0.25) is 0 Å². The van der Waals surface area contributed by atoms with Crippen LogP contribution in [0.3, 0.4) is 0 Å². The van der Waals surface area contributed by atoms with Crippen LogP contribution in [0.5, 0.6) is 5.75 Å². The van der Waals surface area contributed by atoms with Gasteiger partial charge in [-0.05, 0) is 43.3 Å². The summed E-state index contributed by atoms with van der Waals surface area (Å²) in [6, 6.07) is 15.9. The molecular weight excluding hydrogens is 557 g/mol. The zero-order valence-electron chi connectivity index (χ0n) is 18.4. The first-order chi connectivity index (χ1) is 16.7. The third kappa shape index (κ3) is 3.98. The Morgan fingerprint density at radius 2 is 1.91 bits per heavy atom. The number of fused-ring (bicyclic) bond motifs is 2. The molecule has 3 aromatic carbocycles. The van der Waals surface area contributed by atoms with Crippen LogP contribution in [0.1, 0.15) is 29.5 Å². The fourth-order valence-corrected chi connectivity index (χ4v) is 6.07. The van der Waals surface area contributed by atoms with Gasteiger partial charge in [-0.3, -0.25) is 20.2 Å². The molecule has 0 radical (unpaired) electrons. The zero-order chi connectivity index (χ0) is 24.9. The highest BCUT2D eigenvalue weighted by Gasteiger charge is 2.68. The molecule has 0 saturated carbocycles. The lowest BCUT2D eigenvalue weighted by Crippen LogP contribution is -2.54. The lowest BCUT2D eigenvalue weighted by Gasteiger charge is -2.26. The molecule has 180 valence electrons. The molecule has 1 fully saturated rings. The minimum atomic E-state index is -1.50. The molecule has 35 heavy (non-hydrogen) atoms. The normalized spacial score (nSPS) is 24.9. The Morgan fingerprint density at radius 1 is 1.14 bits per heavy atom. The van der Waals surface area contributed by atoms with Crippen LogP contribution >= 0.6 is 39.1 Å². The van der Waals surface area contributed by atoms with Gasteiger partial charge < -0.3 is 10.1 Å². The van der Waals surface area contributed by atoms with E-state index in [2.05, 4.69) is 26.6 Å². The third-order valence-corrected chi connectivity index (χ3v) is 7.77. The highest BCUT2D eigenvalue weighted by atomic mass is 79.9. The van der Waals surface area contributed by atoms with Crippen LogP contribution in [0.15, 0.2) is 65.1 Å². The molecule has 0 aliphatic carbocycles. The van der Waals surface area contributed by atoms with Crippen molar-refractivity contribution in [2.45, 2.75) is 37.1 Å². The molecule has 2 heterocycles. The molecule has 1 spiro atoms. The number of halogens is 3. The summed E-state index contributed by atoms with van der Waals surface area (Å²) in [4.78, 5) is 25.5. The monoisotopic (exact) mass is 575 g/mol. The summed E-state index contributed by atoms with van der Waals surface area (Å²) in [7, 11) is 0. The zero-order valence-corrected chi connectivity index (χ0v) is 21.5. The highest BCUT2D eigenvalue weighted by Crippen LogP contribution is 2.51. The largest absolute Gasteiger partial charge is 0.489 e. The molecule has 1 saturated heterocycles. The van der Waals surface area contributed by atoms with Crippen LogP contribution in [0.25, 0.3) is 0 Å². The smallest absolute Gasteiger partial charge is 0.256 e. The summed E-state index contributed by atoms with van der Waals surface area (Å²) in [6.07, 6.45) is 0. The van der Waals surface area contributed by atoms with Crippen molar-refractivity contribution < 1.29 is 14.5 Å². The molecule has 2 aliphatic heterocycles. The van der Waals surface area contributed by atoms with Gasteiger partial charge in [0.15, 0.2) is 5.54 Å².